The summed E-state index contributed by atoms with van der Waals surface area (Å²) in [6.45, 7) is 2.72. The van der Waals surface area contributed by atoms with Gasteiger partial charge in [0.2, 0.25) is 0 Å². The van der Waals surface area contributed by atoms with Gasteiger partial charge >= 0.3 is 7.82 Å². The van der Waals surface area contributed by atoms with E-state index in [-0.39, 0.29) is 11.5 Å². The van der Waals surface area contributed by atoms with Crippen molar-refractivity contribution in [3.63, 3.8) is 0 Å². The van der Waals surface area contributed by atoms with Crippen LogP contribution in [-0.2, 0) is 4.57 Å². The summed E-state index contributed by atoms with van der Waals surface area (Å²) in [4.78, 5) is 17.3. The summed E-state index contributed by atoms with van der Waals surface area (Å²) in [6.07, 6.45) is 6.95. The van der Waals surface area contributed by atoms with Gasteiger partial charge in [0.15, 0.2) is 11.5 Å². The van der Waals surface area contributed by atoms with E-state index in [1.165, 1.54) is 43.9 Å². The number of benzene rings is 1. The van der Waals surface area contributed by atoms with Gasteiger partial charge in [-0.3, -0.25) is 9.79 Å². The Labute approximate surface area is 125 Å². The number of hydrogen-bond donors (Lipinski definition) is 3. The van der Waals surface area contributed by atoms with Crippen LogP contribution in [0.3, 0.4) is 0 Å². The molecule has 0 fully saturated rings. The standard InChI is InChI=1S/C14H23O6P/c1-2-3-4-5-6-7-10-19-12-8-9-14(13(15)11-12)20-21(16,17)18/h8-9,11,15H,2-7,10H2,1H3,(H2,16,17,18). The van der Waals surface area contributed by atoms with Crippen molar-refractivity contribution in [3.8, 4) is 17.2 Å². The number of phenolic OH excluding ortho intramolecular Hbond substituents is 1. The molecule has 0 saturated heterocycles. The molecule has 0 aromatic heterocycles. The van der Waals surface area contributed by atoms with E-state index in [0.29, 0.717) is 12.4 Å². The van der Waals surface area contributed by atoms with Crippen LogP contribution in [0, 0.1) is 0 Å². The Hall–Kier alpha value is -1.23. The van der Waals surface area contributed by atoms with Gasteiger partial charge in [0.25, 0.3) is 0 Å². The Morgan fingerprint density at radius 1 is 1.10 bits per heavy atom. The van der Waals surface area contributed by atoms with E-state index in [1.807, 2.05) is 0 Å². The Balaban J connectivity index is 2.33. The molecule has 0 aliphatic rings. The molecule has 0 saturated carbocycles. The summed E-state index contributed by atoms with van der Waals surface area (Å²) in [5, 5.41) is 9.61. The Morgan fingerprint density at radius 3 is 2.38 bits per heavy atom. The molecule has 0 unspecified atom stereocenters. The van der Waals surface area contributed by atoms with Crippen LogP contribution < -0.4 is 9.26 Å². The summed E-state index contributed by atoms with van der Waals surface area (Å²) in [5.74, 6) is -0.187. The van der Waals surface area contributed by atoms with E-state index in [2.05, 4.69) is 11.4 Å². The normalized spacial score (nSPS) is 11.4. The summed E-state index contributed by atoms with van der Waals surface area (Å²) in [7, 11) is -4.67. The molecule has 0 aliphatic carbocycles. The zero-order valence-electron chi connectivity index (χ0n) is 12.2. The zero-order chi connectivity index (χ0) is 15.7. The highest BCUT2D eigenvalue weighted by Gasteiger charge is 2.18. The first-order chi connectivity index (χ1) is 9.92. The van der Waals surface area contributed by atoms with E-state index >= 15 is 0 Å². The molecule has 0 radical (unpaired) electrons. The van der Waals surface area contributed by atoms with Crippen molar-refractivity contribution < 1.29 is 28.7 Å². The molecule has 120 valence electrons. The predicted molar refractivity (Wildman–Crippen MR) is 79.6 cm³/mol. The smallest absolute Gasteiger partial charge is 0.504 e. The minimum absolute atomic E-state index is 0.268. The van der Waals surface area contributed by atoms with Crippen LogP contribution in [0.25, 0.3) is 0 Å². The first-order valence-corrected chi connectivity index (χ1v) is 8.66. The second-order valence-electron chi connectivity index (χ2n) is 4.83. The van der Waals surface area contributed by atoms with E-state index in [9.17, 15) is 9.67 Å². The minimum Gasteiger partial charge on any atom is -0.504 e. The third kappa shape index (κ3) is 7.95. The van der Waals surface area contributed by atoms with Crippen LogP contribution in [0.5, 0.6) is 17.2 Å². The first kappa shape index (κ1) is 17.8. The highest BCUT2D eigenvalue weighted by Crippen LogP contribution is 2.42. The lowest BCUT2D eigenvalue weighted by atomic mass is 10.1. The molecule has 0 bridgehead atoms. The van der Waals surface area contributed by atoms with Crippen LogP contribution in [0.4, 0.5) is 0 Å². The van der Waals surface area contributed by atoms with Gasteiger partial charge in [0.05, 0.1) is 6.61 Å². The molecular weight excluding hydrogens is 295 g/mol. The lowest BCUT2D eigenvalue weighted by Crippen LogP contribution is -1.97. The van der Waals surface area contributed by atoms with Gasteiger partial charge in [-0.1, -0.05) is 39.0 Å². The summed E-state index contributed by atoms with van der Waals surface area (Å²) in [6, 6.07) is 4.05. The zero-order valence-corrected chi connectivity index (χ0v) is 13.1. The number of ether oxygens (including phenoxy) is 1. The fourth-order valence-electron chi connectivity index (χ4n) is 1.86. The fraction of sp³-hybridized carbons (Fsp3) is 0.571. The molecule has 1 rings (SSSR count). The number of hydrogen-bond acceptors (Lipinski definition) is 4. The monoisotopic (exact) mass is 318 g/mol. The SMILES string of the molecule is CCCCCCCCOc1ccc(OP(=O)(O)O)c(O)c1. The van der Waals surface area contributed by atoms with Gasteiger partial charge in [0, 0.05) is 6.07 Å². The third-order valence-corrected chi connectivity index (χ3v) is 3.35. The molecule has 0 atom stereocenters. The molecular formula is C14H23O6P. The first-order valence-electron chi connectivity index (χ1n) is 7.13. The molecule has 1 aromatic carbocycles. The molecule has 1 aromatic rings. The predicted octanol–water partition coefficient (Wildman–Crippen LogP) is 3.60. The molecule has 0 amide bonds. The number of aromatic hydroxyl groups is 1. The summed E-state index contributed by atoms with van der Waals surface area (Å²) in [5.41, 5.74) is 0. The Kier molecular flexibility index (Phi) is 7.57. The largest absolute Gasteiger partial charge is 0.524 e. The highest BCUT2D eigenvalue weighted by atomic mass is 31.2. The lowest BCUT2D eigenvalue weighted by Gasteiger charge is -2.10. The molecule has 6 nitrogen and oxygen atoms in total. The third-order valence-electron chi connectivity index (χ3n) is 2.91. The number of phenols is 1. The fourth-order valence-corrected chi connectivity index (χ4v) is 2.28. The van der Waals surface area contributed by atoms with E-state index in [1.54, 1.807) is 0 Å². The second-order valence-corrected chi connectivity index (χ2v) is 5.99. The minimum atomic E-state index is -4.67. The van der Waals surface area contributed by atoms with E-state index < -0.39 is 7.82 Å². The van der Waals surface area contributed by atoms with Crippen LogP contribution >= 0.6 is 7.82 Å². The number of unbranched alkanes of at least 4 members (excludes halogenated alkanes) is 5. The van der Waals surface area contributed by atoms with Crippen LogP contribution in [0.1, 0.15) is 45.4 Å². The van der Waals surface area contributed by atoms with Gasteiger partial charge in [0.1, 0.15) is 5.75 Å². The van der Waals surface area contributed by atoms with Crippen molar-refractivity contribution in [1.82, 2.24) is 0 Å². The average molecular weight is 318 g/mol. The Bertz CT molecular complexity index is 471. The van der Waals surface area contributed by atoms with Gasteiger partial charge in [-0.15, -0.1) is 0 Å². The van der Waals surface area contributed by atoms with Gasteiger partial charge < -0.3 is 14.4 Å². The average Bonchev–Trinajstić information content (AvgIpc) is 2.39. The van der Waals surface area contributed by atoms with Crippen LogP contribution in [0.15, 0.2) is 18.2 Å². The molecule has 0 spiro atoms. The summed E-state index contributed by atoms with van der Waals surface area (Å²) >= 11 is 0. The van der Waals surface area contributed by atoms with Crippen LogP contribution in [0.2, 0.25) is 0 Å². The van der Waals surface area contributed by atoms with Crippen molar-refractivity contribution in [1.29, 1.82) is 0 Å². The van der Waals surface area contributed by atoms with E-state index in [4.69, 9.17) is 14.5 Å². The van der Waals surface area contributed by atoms with Crippen molar-refractivity contribution in [3.05, 3.63) is 18.2 Å². The molecule has 3 N–H and O–H groups in total. The molecule has 0 aliphatic heterocycles. The maximum absolute atomic E-state index is 10.7. The van der Waals surface area contributed by atoms with Gasteiger partial charge in [-0.2, -0.15) is 0 Å². The van der Waals surface area contributed by atoms with Gasteiger partial charge in [-0.05, 0) is 18.6 Å². The number of phosphoric acid groups is 1. The topological polar surface area (TPSA) is 96.2 Å². The number of rotatable bonds is 10. The van der Waals surface area contributed by atoms with Crippen molar-refractivity contribution in [2.45, 2.75) is 45.4 Å². The maximum atomic E-state index is 10.7. The van der Waals surface area contributed by atoms with E-state index in [0.717, 1.165) is 12.8 Å². The quantitative estimate of drug-likeness (QED) is 0.450. The van der Waals surface area contributed by atoms with Crippen molar-refractivity contribution in [2.75, 3.05) is 6.61 Å². The molecule has 0 heterocycles. The van der Waals surface area contributed by atoms with Crippen molar-refractivity contribution >= 4 is 7.82 Å². The molecule has 21 heavy (non-hydrogen) atoms. The Morgan fingerprint density at radius 2 is 1.76 bits per heavy atom. The number of phosphoric ester groups is 1. The van der Waals surface area contributed by atoms with Crippen LogP contribution in [-0.4, -0.2) is 21.5 Å². The molecule has 7 heteroatoms. The van der Waals surface area contributed by atoms with Gasteiger partial charge in [-0.25, -0.2) is 4.57 Å². The second kappa shape index (κ2) is 8.93. The van der Waals surface area contributed by atoms with Crippen molar-refractivity contribution in [2.24, 2.45) is 0 Å². The maximum Gasteiger partial charge on any atom is 0.524 e. The lowest BCUT2D eigenvalue weighted by molar-refractivity contribution is 0.275. The highest BCUT2D eigenvalue weighted by molar-refractivity contribution is 7.46. The summed E-state index contributed by atoms with van der Waals surface area (Å²) < 4.78 is 20.5.